The van der Waals surface area contributed by atoms with Gasteiger partial charge in [-0.3, -0.25) is 4.79 Å². The maximum atomic E-state index is 11.6. The molecule has 0 saturated carbocycles. The first kappa shape index (κ1) is 17.2. The van der Waals surface area contributed by atoms with Crippen LogP contribution >= 0.6 is 0 Å². The van der Waals surface area contributed by atoms with E-state index in [0.717, 1.165) is 6.26 Å². The first-order valence-electron chi connectivity index (χ1n) is 7.80. The van der Waals surface area contributed by atoms with Crippen LogP contribution in [0.5, 0.6) is 0 Å². The third-order valence-electron chi connectivity index (χ3n) is 4.24. The molecule has 2 aromatic rings. The monoisotopic (exact) mass is 348 g/mol. The van der Waals surface area contributed by atoms with E-state index in [9.17, 15) is 15.0 Å². The van der Waals surface area contributed by atoms with Gasteiger partial charge in [0.15, 0.2) is 17.2 Å². The summed E-state index contributed by atoms with van der Waals surface area (Å²) >= 11 is 0. The highest BCUT2D eigenvalue weighted by molar-refractivity contribution is 5.72. The molecule has 0 spiro atoms. The molecule has 1 fully saturated rings. The summed E-state index contributed by atoms with van der Waals surface area (Å²) in [6.07, 6.45) is -0.338. The number of ether oxygens (including phenoxy) is 2. The first-order valence-corrected chi connectivity index (χ1v) is 7.80. The van der Waals surface area contributed by atoms with Crippen molar-refractivity contribution in [3.05, 3.63) is 36.2 Å². The Labute approximate surface area is 143 Å². The Morgan fingerprint density at radius 1 is 1.48 bits per heavy atom. The molecule has 3 heterocycles. The third kappa shape index (κ3) is 2.71. The minimum atomic E-state index is -1.35. The van der Waals surface area contributed by atoms with Gasteiger partial charge in [0, 0.05) is 0 Å². The summed E-state index contributed by atoms with van der Waals surface area (Å²) in [5.74, 6) is -0.568. The van der Waals surface area contributed by atoms with Gasteiger partial charge in [0.1, 0.15) is 30.3 Å². The number of carbonyl (C=O) groups is 1. The molecule has 0 radical (unpaired) electrons. The minimum Gasteiger partial charge on any atom is -0.477 e. The number of hydrogen-bond donors (Lipinski definition) is 3. The van der Waals surface area contributed by atoms with Gasteiger partial charge in [0.25, 0.3) is 0 Å². The number of carbonyl (C=O) groups excluding carboxylic acids is 1. The molecule has 9 heteroatoms. The molecule has 0 amide bonds. The predicted octanol–water partition coefficient (Wildman–Crippen LogP) is 0.319. The van der Waals surface area contributed by atoms with Crippen molar-refractivity contribution in [1.82, 2.24) is 14.6 Å². The second kappa shape index (κ2) is 6.01. The molecule has 1 aliphatic heterocycles. The third-order valence-corrected chi connectivity index (χ3v) is 4.24. The maximum absolute atomic E-state index is 11.6. The highest BCUT2D eigenvalue weighted by atomic mass is 16.6. The second-order valence-electron chi connectivity index (χ2n) is 6.37. The van der Waals surface area contributed by atoms with Crippen LogP contribution in [0, 0.1) is 5.92 Å². The van der Waals surface area contributed by atoms with Gasteiger partial charge < -0.3 is 25.4 Å². The fourth-order valence-electron chi connectivity index (χ4n) is 2.70. The summed E-state index contributed by atoms with van der Waals surface area (Å²) in [4.78, 5) is 15.5. The van der Waals surface area contributed by atoms with Crippen LogP contribution in [0.4, 0.5) is 5.82 Å². The van der Waals surface area contributed by atoms with E-state index >= 15 is 0 Å². The van der Waals surface area contributed by atoms with Crippen molar-refractivity contribution in [1.29, 1.82) is 0 Å². The number of nitrogens with zero attached hydrogens (tertiary/aromatic N) is 3. The SMILES string of the molecule is CC(C)C(=O)O/C=C1/O[C@@](C)(c2ccc3c(N)ncnn23)[C@H](O)[C@@H]1O. The lowest BCUT2D eigenvalue weighted by atomic mass is 9.94. The van der Waals surface area contributed by atoms with E-state index in [1.165, 1.54) is 10.8 Å². The number of aliphatic hydroxyl groups is 2. The highest BCUT2D eigenvalue weighted by Gasteiger charge is 2.52. The Hall–Kier alpha value is -2.65. The summed E-state index contributed by atoms with van der Waals surface area (Å²) in [6.45, 7) is 4.97. The molecule has 3 atom stereocenters. The number of fused-ring (bicyclic) bond motifs is 1. The largest absolute Gasteiger partial charge is 0.477 e. The fourth-order valence-corrected chi connectivity index (χ4v) is 2.70. The summed E-state index contributed by atoms with van der Waals surface area (Å²) < 4.78 is 12.2. The number of aliphatic hydroxyl groups excluding tert-OH is 2. The van der Waals surface area contributed by atoms with Crippen LogP contribution in [0.3, 0.4) is 0 Å². The molecule has 0 aliphatic carbocycles. The molecule has 2 aromatic heterocycles. The summed E-state index contributed by atoms with van der Waals surface area (Å²) in [7, 11) is 0. The fraction of sp³-hybridized carbons (Fsp3) is 0.438. The quantitative estimate of drug-likeness (QED) is 0.534. The van der Waals surface area contributed by atoms with Gasteiger partial charge in [-0.05, 0) is 19.1 Å². The van der Waals surface area contributed by atoms with Crippen LogP contribution in [-0.2, 0) is 19.9 Å². The number of esters is 1. The van der Waals surface area contributed by atoms with Gasteiger partial charge in [-0.15, -0.1) is 0 Å². The van der Waals surface area contributed by atoms with Crippen molar-refractivity contribution < 1.29 is 24.5 Å². The maximum Gasteiger partial charge on any atom is 0.313 e. The molecule has 9 nitrogen and oxygen atoms in total. The van der Waals surface area contributed by atoms with Crippen molar-refractivity contribution >= 4 is 17.3 Å². The van der Waals surface area contributed by atoms with Gasteiger partial charge >= 0.3 is 5.97 Å². The summed E-state index contributed by atoms with van der Waals surface area (Å²) in [5.41, 5.74) is 5.52. The Morgan fingerprint density at radius 3 is 2.88 bits per heavy atom. The zero-order chi connectivity index (χ0) is 18.4. The van der Waals surface area contributed by atoms with Crippen LogP contribution in [-0.4, -0.2) is 43.0 Å². The molecule has 0 bridgehead atoms. The van der Waals surface area contributed by atoms with Crippen molar-refractivity contribution in [3.8, 4) is 0 Å². The van der Waals surface area contributed by atoms with E-state index in [1.807, 2.05) is 0 Å². The number of nitrogens with two attached hydrogens (primary N) is 1. The Morgan fingerprint density at radius 2 is 2.20 bits per heavy atom. The normalized spacial score (nSPS) is 27.8. The zero-order valence-electron chi connectivity index (χ0n) is 14.1. The summed E-state index contributed by atoms with van der Waals surface area (Å²) in [5, 5.41) is 24.9. The molecule has 0 unspecified atom stereocenters. The average Bonchev–Trinajstić information content (AvgIpc) is 3.10. The summed E-state index contributed by atoms with van der Waals surface area (Å²) in [6, 6.07) is 3.37. The molecule has 1 saturated heterocycles. The Bertz CT molecular complexity index is 846. The van der Waals surface area contributed by atoms with Gasteiger partial charge in [-0.1, -0.05) is 13.8 Å². The van der Waals surface area contributed by atoms with Crippen molar-refractivity contribution in [3.63, 3.8) is 0 Å². The number of nitrogen functional groups attached to an aromatic ring is 1. The van der Waals surface area contributed by atoms with Gasteiger partial charge in [0.05, 0.1) is 11.6 Å². The second-order valence-corrected chi connectivity index (χ2v) is 6.37. The standard InChI is InChI=1S/C16H20N4O5/c1-8(2)15(23)24-6-10-12(21)13(22)16(3,25-10)11-5-4-9-14(17)18-7-19-20(9)11/h4-8,12-13,21-22H,1-3H3,(H2,17,18,19)/b10-6+/t12-,13-,16+/m1/s1. The molecule has 0 aromatic carbocycles. The van der Waals surface area contributed by atoms with Crippen molar-refractivity contribution in [2.24, 2.45) is 5.92 Å². The molecule has 3 rings (SSSR count). The van der Waals surface area contributed by atoms with E-state index in [-0.39, 0.29) is 17.5 Å². The van der Waals surface area contributed by atoms with Crippen molar-refractivity contribution in [2.75, 3.05) is 5.73 Å². The van der Waals surface area contributed by atoms with Crippen LogP contribution in [0.1, 0.15) is 26.5 Å². The lowest BCUT2D eigenvalue weighted by Gasteiger charge is -2.26. The molecular weight excluding hydrogens is 328 g/mol. The van der Waals surface area contributed by atoms with Gasteiger partial charge in [-0.2, -0.15) is 5.10 Å². The van der Waals surface area contributed by atoms with E-state index in [1.54, 1.807) is 32.9 Å². The van der Waals surface area contributed by atoms with E-state index < -0.39 is 23.8 Å². The lowest BCUT2D eigenvalue weighted by Crippen LogP contribution is -2.39. The Kier molecular flexibility index (Phi) is 4.13. The van der Waals surface area contributed by atoms with Gasteiger partial charge in [0.2, 0.25) is 0 Å². The number of hydrogen-bond acceptors (Lipinski definition) is 8. The first-order chi connectivity index (χ1) is 11.8. The topological polar surface area (TPSA) is 132 Å². The van der Waals surface area contributed by atoms with Crippen LogP contribution in [0.2, 0.25) is 0 Å². The van der Waals surface area contributed by atoms with Crippen LogP contribution < -0.4 is 5.73 Å². The number of aromatic nitrogens is 3. The van der Waals surface area contributed by atoms with E-state index in [2.05, 4.69) is 10.1 Å². The van der Waals surface area contributed by atoms with Gasteiger partial charge in [-0.25, -0.2) is 9.50 Å². The zero-order valence-corrected chi connectivity index (χ0v) is 14.1. The Balaban J connectivity index is 1.97. The smallest absolute Gasteiger partial charge is 0.313 e. The number of rotatable bonds is 3. The number of anilines is 1. The molecule has 1 aliphatic rings. The predicted molar refractivity (Wildman–Crippen MR) is 86.9 cm³/mol. The highest BCUT2D eigenvalue weighted by Crippen LogP contribution is 2.42. The van der Waals surface area contributed by atoms with Crippen molar-refractivity contribution in [2.45, 2.75) is 38.6 Å². The molecule has 134 valence electrons. The molecule has 25 heavy (non-hydrogen) atoms. The van der Waals surface area contributed by atoms with Crippen LogP contribution in [0.25, 0.3) is 5.52 Å². The lowest BCUT2D eigenvalue weighted by molar-refractivity contribution is -0.142. The minimum absolute atomic E-state index is 0.0408. The van der Waals surface area contributed by atoms with Crippen LogP contribution in [0.15, 0.2) is 30.5 Å². The average molecular weight is 348 g/mol. The molecular formula is C16H20N4O5. The van der Waals surface area contributed by atoms with E-state index in [0.29, 0.717) is 11.2 Å². The molecule has 4 N–H and O–H groups in total. The van der Waals surface area contributed by atoms with E-state index in [4.69, 9.17) is 15.2 Å².